The lowest BCUT2D eigenvalue weighted by molar-refractivity contribution is -0.384. The summed E-state index contributed by atoms with van der Waals surface area (Å²) in [7, 11) is 0. The molecular formula is C22H21ClN6O3. The molecule has 0 spiro atoms. The second-order valence-electron chi connectivity index (χ2n) is 7.39. The van der Waals surface area contributed by atoms with Gasteiger partial charge in [0.15, 0.2) is 0 Å². The quantitative estimate of drug-likeness (QED) is 0.450. The van der Waals surface area contributed by atoms with Crippen molar-refractivity contribution in [2.45, 2.75) is 6.54 Å². The van der Waals surface area contributed by atoms with E-state index in [4.69, 9.17) is 11.6 Å². The van der Waals surface area contributed by atoms with Crippen molar-refractivity contribution >= 4 is 34.8 Å². The first-order valence-electron chi connectivity index (χ1n) is 10.1. The Morgan fingerprint density at radius 3 is 2.53 bits per heavy atom. The van der Waals surface area contributed by atoms with Crippen LogP contribution in [0.25, 0.3) is 0 Å². The van der Waals surface area contributed by atoms with Gasteiger partial charge in [-0.1, -0.05) is 41.9 Å². The molecule has 2 aromatic carbocycles. The Labute approximate surface area is 189 Å². The second-order valence-corrected chi connectivity index (χ2v) is 7.79. The number of carbonyl (C=O) groups excluding carboxylic acids is 1. The molecule has 10 heteroatoms. The van der Waals surface area contributed by atoms with Crippen LogP contribution in [0.2, 0.25) is 5.02 Å². The van der Waals surface area contributed by atoms with Gasteiger partial charge in [-0.3, -0.25) is 19.8 Å². The fourth-order valence-corrected chi connectivity index (χ4v) is 3.75. The van der Waals surface area contributed by atoms with Gasteiger partial charge >= 0.3 is 0 Å². The minimum Gasteiger partial charge on any atom is -0.354 e. The van der Waals surface area contributed by atoms with Gasteiger partial charge in [0.1, 0.15) is 18.0 Å². The molecule has 0 unspecified atom stereocenters. The summed E-state index contributed by atoms with van der Waals surface area (Å²) in [4.78, 5) is 36.0. The average Bonchev–Trinajstić information content (AvgIpc) is 2.80. The van der Waals surface area contributed by atoms with Gasteiger partial charge in [0.25, 0.3) is 11.6 Å². The average molecular weight is 453 g/mol. The molecule has 9 nitrogen and oxygen atoms in total. The van der Waals surface area contributed by atoms with Crippen LogP contribution in [0.15, 0.2) is 60.9 Å². The Hall–Kier alpha value is -3.56. The van der Waals surface area contributed by atoms with Crippen LogP contribution in [0.3, 0.4) is 0 Å². The number of nitro groups is 1. The number of amides is 1. The van der Waals surface area contributed by atoms with E-state index in [1.807, 2.05) is 18.2 Å². The molecule has 4 rings (SSSR count). The fourth-order valence-electron chi connectivity index (χ4n) is 3.55. The third kappa shape index (κ3) is 5.19. The number of non-ortho nitro benzene ring substituents is 1. The Balaban J connectivity index is 1.39. The van der Waals surface area contributed by atoms with Gasteiger partial charge in [-0.25, -0.2) is 9.97 Å². The van der Waals surface area contributed by atoms with Gasteiger partial charge < -0.3 is 10.2 Å². The van der Waals surface area contributed by atoms with Crippen LogP contribution in [0.4, 0.5) is 17.3 Å². The molecule has 164 valence electrons. The number of piperazine rings is 1. The molecule has 0 bridgehead atoms. The molecule has 32 heavy (non-hydrogen) atoms. The SMILES string of the molecule is O=C(Nc1cc(N2CCN(Cc3ccccc3)CC2)ncn1)c1cc([N+](=O)[O-])ccc1Cl. The van der Waals surface area contributed by atoms with Gasteiger partial charge in [0, 0.05) is 50.9 Å². The van der Waals surface area contributed by atoms with Gasteiger partial charge in [-0.05, 0) is 11.6 Å². The predicted molar refractivity (Wildman–Crippen MR) is 122 cm³/mol. The van der Waals surface area contributed by atoms with Crippen LogP contribution in [0, 0.1) is 10.1 Å². The number of carbonyl (C=O) groups is 1. The lowest BCUT2D eigenvalue weighted by Gasteiger charge is -2.35. The lowest BCUT2D eigenvalue weighted by atomic mass is 10.2. The second kappa shape index (κ2) is 9.71. The summed E-state index contributed by atoms with van der Waals surface area (Å²) in [6, 6.07) is 15.8. The zero-order valence-corrected chi connectivity index (χ0v) is 17.9. The molecule has 1 fully saturated rings. The third-order valence-electron chi connectivity index (χ3n) is 5.24. The van der Waals surface area contributed by atoms with Crippen molar-refractivity contribution in [3.63, 3.8) is 0 Å². The maximum Gasteiger partial charge on any atom is 0.270 e. The highest BCUT2D eigenvalue weighted by Crippen LogP contribution is 2.24. The number of nitrogens with zero attached hydrogens (tertiary/aromatic N) is 5. The number of hydrogen-bond donors (Lipinski definition) is 1. The fraction of sp³-hybridized carbons (Fsp3) is 0.227. The number of rotatable bonds is 6. The van der Waals surface area contributed by atoms with Crippen molar-refractivity contribution in [3.05, 3.63) is 87.2 Å². The van der Waals surface area contributed by atoms with Gasteiger partial charge in [0.2, 0.25) is 0 Å². The molecule has 2 heterocycles. The molecule has 1 amide bonds. The molecule has 1 N–H and O–H groups in total. The maximum absolute atomic E-state index is 12.6. The Kier molecular flexibility index (Phi) is 6.58. The zero-order valence-electron chi connectivity index (χ0n) is 17.1. The van der Waals surface area contributed by atoms with E-state index < -0.39 is 10.8 Å². The molecule has 3 aromatic rings. The highest BCUT2D eigenvalue weighted by atomic mass is 35.5. The first-order chi connectivity index (χ1) is 15.5. The standard InChI is InChI=1S/C22H21ClN6O3/c23-19-7-6-17(29(31)32)12-18(19)22(30)26-20-13-21(25-15-24-20)28-10-8-27(9-11-28)14-16-4-2-1-3-5-16/h1-7,12-13,15H,8-11,14H2,(H,24,25,26,30). The minimum absolute atomic E-state index is 0.00977. The minimum atomic E-state index is -0.576. The predicted octanol–water partition coefficient (Wildman–Crippen LogP) is 3.61. The summed E-state index contributed by atoms with van der Waals surface area (Å²) >= 11 is 6.06. The topological polar surface area (TPSA) is 104 Å². The van der Waals surface area contributed by atoms with Crippen LogP contribution in [-0.4, -0.2) is 51.9 Å². The van der Waals surface area contributed by atoms with Crippen molar-refractivity contribution in [3.8, 4) is 0 Å². The molecule has 1 aliphatic rings. The monoisotopic (exact) mass is 452 g/mol. The summed E-state index contributed by atoms with van der Waals surface area (Å²) in [6.45, 7) is 4.29. The number of benzene rings is 2. The maximum atomic E-state index is 12.6. The summed E-state index contributed by atoms with van der Waals surface area (Å²) in [6.07, 6.45) is 1.39. The van der Waals surface area contributed by atoms with E-state index in [2.05, 4.69) is 37.2 Å². The number of halogens is 1. The Bertz CT molecular complexity index is 1120. The molecular weight excluding hydrogens is 432 g/mol. The summed E-state index contributed by atoms with van der Waals surface area (Å²) in [5.41, 5.74) is 1.08. The molecule has 0 atom stereocenters. The van der Waals surface area contributed by atoms with E-state index in [1.165, 1.54) is 24.0 Å². The lowest BCUT2D eigenvalue weighted by Crippen LogP contribution is -2.46. The normalized spacial score (nSPS) is 14.2. The number of aromatic nitrogens is 2. The van der Waals surface area contributed by atoms with Crippen molar-refractivity contribution in [1.29, 1.82) is 0 Å². The van der Waals surface area contributed by atoms with E-state index in [0.717, 1.165) is 38.8 Å². The first kappa shape index (κ1) is 21.7. The smallest absolute Gasteiger partial charge is 0.270 e. The number of hydrogen-bond acceptors (Lipinski definition) is 7. The summed E-state index contributed by atoms with van der Waals surface area (Å²) < 4.78 is 0. The number of nitrogens with one attached hydrogen (secondary N) is 1. The van der Waals surface area contributed by atoms with Crippen LogP contribution in [0.1, 0.15) is 15.9 Å². The Morgan fingerprint density at radius 1 is 1.06 bits per heavy atom. The van der Waals surface area contributed by atoms with Crippen molar-refractivity contribution in [2.24, 2.45) is 0 Å². The molecule has 1 aromatic heterocycles. The van der Waals surface area contributed by atoms with E-state index in [9.17, 15) is 14.9 Å². The van der Waals surface area contributed by atoms with E-state index >= 15 is 0 Å². The molecule has 0 saturated carbocycles. The summed E-state index contributed by atoms with van der Waals surface area (Å²) in [5.74, 6) is 0.435. The zero-order chi connectivity index (χ0) is 22.5. The van der Waals surface area contributed by atoms with Crippen LogP contribution >= 0.6 is 11.6 Å². The van der Waals surface area contributed by atoms with E-state index in [0.29, 0.717) is 11.6 Å². The van der Waals surface area contributed by atoms with E-state index in [1.54, 1.807) is 6.07 Å². The van der Waals surface area contributed by atoms with E-state index in [-0.39, 0.29) is 16.3 Å². The summed E-state index contributed by atoms with van der Waals surface area (Å²) in [5, 5.41) is 13.8. The van der Waals surface area contributed by atoms with Crippen LogP contribution < -0.4 is 10.2 Å². The van der Waals surface area contributed by atoms with Crippen LogP contribution in [0.5, 0.6) is 0 Å². The number of nitro benzene ring substituents is 1. The molecule has 0 aliphatic carbocycles. The van der Waals surface area contributed by atoms with Gasteiger partial charge in [0.05, 0.1) is 15.5 Å². The van der Waals surface area contributed by atoms with Crippen LogP contribution in [-0.2, 0) is 6.54 Å². The van der Waals surface area contributed by atoms with Crippen molar-refractivity contribution < 1.29 is 9.72 Å². The largest absolute Gasteiger partial charge is 0.354 e. The van der Waals surface area contributed by atoms with Gasteiger partial charge in [-0.2, -0.15) is 0 Å². The van der Waals surface area contributed by atoms with Gasteiger partial charge in [-0.15, -0.1) is 0 Å². The molecule has 1 saturated heterocycles. The third-order valence-corrected chi connectivity index (χ3v) is 5.57. The highest BCUT2D eigenvalue weighted by molar-refractivity contribution is 6.34. The molecule has 1 aliphatic heterocycles. The number of anilines is 2. The molecule has 0 radical (unpaired) electrons. The Morgan fingerprint density at radius 2 is 1.81 bits per heavy atom. The highest BCUT2D eigenvalue weighted by Gasteiger charge is 2.20. The van der Waals surface area contributed by atoms with Crippen molar-refractivity contribution in [2.75, 3.05) is 36.4 Å². The van der Waals surface area contributed by atoms with Crippen molar-refractivity contribution in [1.82, 2.24) is 14.9 Å². The first-order valence-corrected chi connectivity index (χ1v) is 10.5.